The van der Waals surface area contributed by atoms with Crippen molar-refractivity contribution in [3.05, 3.63) is 53.7 Å². The zero-order chi connectivity index (χ0) is 15.6. The number of benzene rings is 1. The standard InChI is InChI=1S/C19H23N/c1-15-14-20-19(17-10-6-3-7-11-17)13-18(15)12-16-8-4-2-5-9-16/h3,6-7,10-11,13-14,16H,2,4-5,8-9,12H2,1H3/i12D2. The molecule has 1 aromatic carbocycles. The van der Waals surface area contributed by atoms with Crippen molar-refractivity contribution in [1.29, 1.82) is 0 Å². The maximum atomic E-state index is 8.70. The molecular formula is C19H23N. The summed E-state index contributed by atoms with van der Waals surface area (Å²) in [6.45, 7) is 1.97. The normalized spacial score (nSPS) is 18.4. The van der Waals surface area contributed by atoms with E-state index in [9.17, 15) is 0 Å². The Morgan fingerprint density at radius 3 is 2.65 bits per heavy atom. The highest BCUT2D eigenvalue weighted by Gasteiger charge is 2.15. The van der Waals surface area contributed by atoms with Crippen molar-refractivity contribution in [1.82, 2.24) is 4.98 Å². The second kappa shape index (κ2) is 6.21. The summed E-state index contributed by atoms with van der Waals surface area (Å²) in [7, 11) is 0. The van der Waals surface area contributed by atoms with Gasteiger partial charge in [0.2, 0.25) is 0 Å². The fraction of sp³-hybridized carbons (Fsp3) is 0.421. The summed E-state index contributed by atoms with van der Waals surface area (Å²) in [5, 5.41) is 0. The SMILES string of the molecule is [2H]C([2H])(c1cc(-c2ccccc2)ncc1C)C1CCCCC1. The molecule has 1 fully saturated rings. The molecule has 1 aliphatic carbocycles. The number of hydrogen-bond acceptors (Lipinski definition) is 1. The van der Waals surface area contributed by atoms with Crippen molar-refractivity contribution in [2.45, 2.75) is 45.4 Å². The molecule has 0 aliphatic heterocycles. The molecule has 0 amide bonds. The lowest BCUT2D eigenvalue weighted by atomic mass is 9.84. The Kier molecular flexibility index (Phi) is 3.44. The van der Waals surface area contributed by atoms with Crippen LogP contribution in [0, 0.1) is 12.8 Å². The van der Waals surface area contributed by atoms with Gasteiger partial charge in [-0.3, -0.25) is 4.98 Å². The van der Waals surface area contributed by atoms with Crippen LogP contribution in [0.15, 0.2) is 42.6 Å². The third-order valence-corrected chi connectivity index (χ3v) is 4.14. The number of hydrogen-bond donors (Lipinski definition) is 0. The van der Waals surface area contributed by atoms with Gasteiger partial charge < -0.3 is 0 Å². The van der Waals surface area contributed by atoms with Gasteiger partial charge >= 0.3 is 0 Å². The Hall–Kier alpha value is -1.63. The Morgan fingerprint density at radius 1 is 1.15 bits per heavy atom. The van der Waals surface area contributed by atoms with Crippen LogP contribution in [0.1, 0.15) is 46.0 Å². The lowest BCUT2D eigenvalue weighted by molar-refractivity contribution is 0.356. The topological polar surface area (TPSA) is 12.9 Å². The molecule has 104 valence electrons. The lowest BCUT2D eigenvalue weighted by Crippen LogP contribution is -2.10. The predicted molar refractivity (Wildman–Crippen MR) is 84.7 cm³/mol. The second-order valence-corrected chi connectivity index (χ2v) is 5.73. The highest BCUT2D eigenvalue weighted by atomic mass is 14.7. The van der Waals surface area contributed by atoms with E-state index in [-0.39, 0.29) is 5.92 Å². The number of pyridine rings is 1. The largest absolute Gasteiger partial charge is 0.256 e. The van der Waals surface area contributed by atoms with E-state index in [1.54, 1.807) is 0 Å². The van der Waals surface area contributed by atoms with Gasteiger partial charge in [0.05, 0.1) is 5.69 Å². The average molecular weight is 267 g/mol. The van der Waals surface area contributed by atoms with Crippen LogP contribution in [0.5, 0.6) is 0 Å². The highest BCUT2D eigenvalue weighted by molar-refractivity contribution is 5.60. The highest BCUT2D eigenvalue weighted by Crippen LogP contribution is 2.29. The van der Waals surface area contributed by atoms with Gasteiger partial charge in [0.25, 0.3) is 0 Å². The van der Waals surface area contributed by atoms with Crippen molar-refractivity contribution in [2.75, 3.05) is 0 Å². The van der Waals surface area contributed by atoms with Gasteiger partial charge in [0, 0.05) is 14.5 Å². The zero-order valence-electron chi connectivity index (χ0n) is 14.1. The second-order valence-electron chi connectivity index (χ2n) is 5.73. The number of aromatic nitrogens is 1. The Bertz CT molecular complexity index is 631. The van der Waals surface area contributed by atoms with Crippen molar-refractivity contribution in [2.24, 2.45) is 5.92 Å². The van der Waals surface area contributed by atoms with Crippen LogP contribution in [0.3, 0.4) is 0 Å². The first-order valence-electron chi connectivity index (χ1n) is 8.61. The van der Waals surface area contributed by atoms with E-state index >= 15 is 0 Å². The number of nitrogens with zero attached hydrogens (tertiary/aromatic N) is 1. The summed E-state index contributed by atoms with van der Waals surface area (Å²) in [6, 6.07) is 12.0. The van der Waals surface area contributed by atoms with Gasteiger partial charge in [0.1, 0.15) is 0 Å². The van der Waals surface area contributed by atoms with Crippen LogP contribution in [-0.4, -0.2) is 4.98 Å². The molecule has 1 nitrogen and oxygen atoms in total. The summed E-state index contributed by atoms with van der Waals surface area (Å²) < 4.78 is 17.4. The van der Waals surface area contributed by atoms with Gasteiger partial charge in [0.15, 0.2) is 0 Å². The van der Waals surface area contributed by atoms with E-state index in [0.717, 1.165) is 48.1 Å². The molecule has 20 heavy (non-hydrogen) atoms. The molecule has 0 N–H and O–H groups in total. The van der Waals surface area contributed by atoms with E-state index in [4.69, 9.17) is 2.74 Å². The van der Waals surface area contributed by atoms with Gasteiger partial charge in [-0.1, -0.05) is 62.4 Å². The van der Waals surface area contributed by atoms with Gasteiger partial charge in [-0.25, -0.2) is 0 Å². The van der Waals surface area contributed by atoms with Gasteiger partial charge in [-0.2, -0.15) is 0 Å². The molecule has 1 heterocycles. The van der Waals surface area contributed by atoms with Crippen molar-refractivity contribution < 1.29 is 2.74 Å². The van der Waals surface area contributed by atoms with E-state index in [1.165, 1.54) is 6.42 Å². The molecule has 1 aliphatic rings. The lowest BCUT2D eigenvalue weighted by Gasteiger charge is -2.22. The molecule has 0 bridgehead atoms. The molecule has 0 unspecified atom stereocenters. The van der Waals surface area contributed by atoms with E-state index in [1.807, 2.05) is 49.5 Å². The molecule has 1 aromatic heterocycles. The van der Waals surface area contributed by atoms with Gasteiger partial charge in [-0.05, 0) is 36.4 Å². The molecule has 1 saturated carbocycles. The van der Waals surface area contributed by atoms with Crippen LogP contribution < -0.4 is 0 Å². The number of rotatable bonds is 3. The van der Waals surface area contributed by atoms with Crippen molar-refractivity contribution >= 4 is 0 Å². The van der Waals surface area contributed by atoms with Crippen molar-refractivity contribution in [3.63, 3.8) is 0 Å². The Morgan fingerprint density at radius 2 is 1.90 bits per heavy atom. The van der Waals surface area contributed by atoms with Crippen molar-refractivity contribution in [3.8, 4) is 11.3 Å². The molecule has 1 heteroatoms. The van der Waals surface area contributed by atoms with Crippen LogP contribution in [0.2, 0.25) is 0 Å². The summed E-state index contributed by atoms with van der Waals surface area (Å²) in [4.78, 5) is 4.50. The fourth-order valence-electron chi connectivity index (χ4n) is 2.91. The minimum absolute atomic E-state index is 0.131. The quantitative estimate of drug-likeness (QED) is 0.746. The minimum atomic E-state index is -1.27. The predicted octanol–water partition coefficient (Wildman–Crippen LogP) is 5.18. The first-order valence-corrected chi connectivity index (χ1v) is 7.61. The maximum absolute atomic E-state index is 8.70. The van der Waals surface area contributed by atoms with Crippen LogP contribution >= 0.6 is 0 Å². The first kappa shape index (κ1) is 11.1. The van der Waals surface area contributed by atoms with Gasteiger partial charge in [-0.15, -0.1) is 0 Å². The van der Waals surface area contributed by atoms with Crippen LogP contribution in [0.4, 0.5) is 0 Å². The summed E-state index contributed by atoms with van der Waals surface area (Å²) >= 11 is 0. The molecule has 0 spiro atoms. The molecule has 0 atom stereocenters. The average Bonchev–Trinajstić information content (AvgIpc) is 2.57. The minimum Gasteiger partial charge on any atom is -0.256 e. The molecule has 3 rings (SSSR count). The third-order valence-electron chi connectivity index (χ3n) is 4.14. The fourth-order valence-corrected chi connectivity index (χ4v) is 2.91. The molecule has 0 radical (unpaired) electrons. The molecule has 0 saturated heterocycles. The summed E-state index contributed by atoms with van der Waals surface area (Å²) in [6.07, 6.45) is 6.09. The zero-order valence-corrected chi connectivity index (χ0v) is 12.1. The van der Waals surface area contributed by atoms with Crippen LogP contribution in [0.25, 0.3) is 11.3 Å². The summed E-state index contributed by atoms with van der Waals surface area (Å²) in [5.41, 5.74) is 3.67. The Labute approximate surface area is 124 Å². The summed E-state index contributed by atoms with van der Waals surface area (Å²) in [5.74, 6) is 0.131. The molecular weight excluding hydrogens is 242 g/mol. The Balaban J connectivity index is 1.99. The van der Waals surface area contributed by atoms with Crippen LogP contribution in [-0.2, 0) is 6.37 Å². The third kappa shape index (κ3) is 3.09. The monoisotopic (exact) mass is 267 g/mol. The molecule has 2 aromatic rings. The van der Waals surface area contributed by atoms with E-state index in [0.29, 0.717) is 0 Å². The smallest absolute Gasteiger partial charge is 0.0704 e. The first-order chi connectivity index (χ1) is 10.6. The van der Waals surface area contributed by atoms with E-state index < -0.39 is 6.37 Å². The number of aryl methyl sites for hydroxylation is 1. The maximum Gasteiger partial charge on any atom is 0.0704 e. The van der Waals surface area contributed by atoms with E-state index in [2.05, 4.69) is 4.98 Å².